The summed E-state index contributed by atoms with van der Waals surface area (Å²) in [5.74, 6) is 1.06. The summed E-state index contributed by atoms with van der Waals surface area (Å²) in [6.45, 7) is 11.2. The lowest BCUT2D eigenvalue weighted by atomic mass is 10.0. The quantitative estimate of drug-likeness (QED) is 0.567. The van der Waals surface area contributed by atoms with Crippen molar-refractivity contribution in [2.24, 2.45) is 5.92 Å². The molecule has 2 aliphatic heterocycles. The van der Waals surface area contributed by atoms with Crippen LogP contribution in [-0.4, -0.2) is 68.7 Å². The number of cyclic esters (lactones) is 1. The molecule has 4 heterocycles. The van der Waals surface area contributed by atoms with Crippen LogP contribution < -0.4 is 15.0 Å². The minimum Gasteiger partial charge on any atom is -0.460 e. The van der Waals surface area contributed by atoms with Gasteiger partial charge in [-0.2, -0.15) is 4.98 Å². The van der Waals surface area contributed by atoms with Gasteiger partial charge in [0, 0.05) is 50.1 Å². The van der Waals surface area contributed by atoms with E-state index in [0.29, 0.717) is 37.5 Å². The lowest BCUT2D eigenvalue weighted by Gasteiger charge is -2.30. The number of anilines is 2. The van der Waals surface area contributed by atoms with E-state index in [4.69, 9.17) is 9.47 Å². The Morgan fingerprint density at radius 1 is 1.23 bits per heavy atom. The summed E-state index contributed by atoms with van der Waals surface area (Å²) in [6.07, 6.45) is 7.36. The van der Waals surface area contributed by atoms with Crippen molar-refractivity contribution in [1.82, 2.24) is 24.8 Å². The zero-order chi connectivity index (χ0) is 24.9. The Labute approximate surface area is 204 Å². The molecule has 4 rings (SSSR count). The van der Waals surface area contributed by atoms with Crippen molar-refractivity contribution in [2.45, 2.75) is 51.8 Å². The number of likely N-dealkylation sites (tertiary alicyclic amines) is 1. The molecule has 0 spiro atoms. The van der Waals surface area contributed by atoms with Gasteiger partial charge < -0.3 is 19.7 Å². The molecular formula is C24H31N7O4. The summed E-state index contributed by atoms with van der Waals surface area (Å²) in [5.41, 5.74) is 0.832. The van der Waals surface area contributed by atoms with Crippen molar-refractivity contribution in [3.05, 3.63) is 42.9 Å². The predicted molar refractivity (Wildman–Crippen MR) is 129 cm³/mol. The number of hydrogen-bond donors (Lipinski definition) is 1. The van der Waals surface area contributed by atoms with Gasteiger partial charge in [-0.1, -0.05) is 20.4 Å². The molecule has 2 saturated heterocycles. The van der Waals surface area contributed by atoms with Gasteiger partial charge in [0.25, 0.3) is 0 Å². The van der Waals surface area contributed by atoms with E-state index in [1.54, 1.807) is 34.5 Å². The number of hydrogen-bond acceptors (Lipinski definition) is 9. The summed E-state index contributed by atoms with van der Waals surface area (Å²) in [7, 11) is 0. The van der Waals surface area contributed by atoms with E-state index in [0.717, 1.165) is 18.4 Å². The molecule has 2 amide bonds. The van der Waals surface area contributed by atoms with Crippen LogP contribution >= 0.6 is 0 Å². The average Bonchev–Trinajstić information content (AvgIpc) is 3.26. The highest BCUT2D eigenvalue weighted by atomic mass is 16.6. The molecule has 11 nitrogen and oxygen atoms in total. The van der Waals surface area contributed by atoms with Gasteiger partial charge in [-0.05, 0) is 25.0 Å². The second-order valence-corrected chi connectivity index (χ2v) is 9.01. The summed E-state index contributed by atoms with van der Waals surface area (Å²) >= 11 is 0. The topological polar surface area (TPSA) is 123 Å². The van der Waals surface area contributed by atoms with E-state index in [2.05, 4.69) is 31.8 Å². The summed E-state index contributed by atoms with van der Waals surface area (Å²) in [5, 5.41) is 3.24. The third-order valence-corrected chi connectivity index (χ3v) is 6.26. The van der Waals surface area contributed by atoms with E-state index >= 15 is 0 Å². The van der Waals surface area contributed by atoms with Gasteiger partial charge in [-0.25, -0.2) is 19.7 Å². The highest BCUT2D eigenvalue weighted by molar-refractivity contribution is 5.89. The fraction of sp³-hybridized carbons (Fsp3) is 0.500. The third kappa shape index (κ3) is 5.67. The first-order chi connectivity index (χ1) is 16.9. The fourth-order valence-corrected chi connectivity index (χ4v) is 4.10. The van der Waals surface area contributed by atoms with Crippen molar-refractivity contribution < 1.29 is 19.1 Å². The van der Waals surface area contributed by atoms with Crippen LogP contribution in [0.15, 0.2) is 37.3 Å². The Hall–Kier alpha value is -3.76. The average molecular weight is 482 g/mol. The molecule has 35 heavy (non-hydrogen) atoms. The van der Waals surface area contributed by atoms with Crippen LogP contribution in [0.1, 0.15) is 45.2 Å². The Bertz CT molecular complexity index is 1050. The number of amides is 2. The standard InChI is InChI=1S/C24H31N7O4/c1-5-21(32)30-10-7-18(8-11-30)35-23-26-12-17(13-27-23)16(4)28-22-25-9-6-20(29-22)31-19(15(2)3)14-34-24(31)33/h5-6,9,12-13,15-16,18-19H,1,7-8,10-11,14H2,2-4H3,(H,25,28,29)/t16-,19+/m0/s1. The molecule has 0 aromatic carbocycles. The Morgan fingerprint density at radius 3 is 2.60 bits per heavy atom. The van der Waals surface area contributed by atoms with Gasteiger partial charge in [0.15, 0.2) is 0 Å². The molecule has 2 aliphatic rings. The van der Waals surface area contributed by atoms with Crippen molar-refractivity contribution >= 4 is 23.8 Å². The molecule has 11 heteroatoms. The highest BCUT2D eigenvalue weighted by Crippen LogP contribution is 2.27. The maximum absolute atomic E-state index is 12.3. The van der Waals surface area contributed by atoms with Gasteiger partial charge in [-0.15, -0.1) is 0 Å². The molecule has 2 fully saturated rings. The molecule has 0 bridgehead atoms. The molecule has 186 valence electrons. The second-order valence-electron chi connectivity index (χ2n) is 9.01. The molecule has 0 unspecified atom stereocenters. The number of piperidine rings is 1. The molecular weight excluding hydrogens is 450 g/mol. The maximum Gasteiger partial charge on any atom is 0.415 e. The van der Waals surface area contributed by atoms with Gasteiger partial charge in [0.05, 0.1) is 12.1 Å². The Morgan fingerprint density at radius 2 is 1.94 bits per heavy atom. The number of carbonyl (C=O) groups excluding carboxylic acids is 2. The number of aromatic nitrogens is 4. The summed E-state index contributed by atoms with van der Waals surface area (Å²) < 4.78 is 11.1. The van der Waals surface area contributed by atoms with Gasteiger partial charge in [0.2, 0.25) is 11.9 Å². The molecule has 2 aromatic heterocycles. The van der Waals surface area contributed by atoms with Crippen molar-refractivity contribution in [3.63, 3.8) is 0 Å². The zero-order valence-electron chi connectivity index (χ0n) is 20.3. The summed E-state index contributed by atoms with van der Waals surface area (Å²) in [4.78, 5) is 44.8. The fourth-order valence-electron chi connectivity index (χ4n) is 4.10. The zero-order valence-corrected chi connectivity index (χ0v) is 20.3. The van der Waals surface area contributed by atoms with E-state index in [9.17, 15) is 9.59 Å². The Balaban J connectivity index is 1.35. The van der Waals surface area contributed by atoms with Crippen molar-refractivity contribution in [1.29, 1.82) is 0 Å². The van der Waals surface area contributed by atoms with Gasteiger partial charge in [0.1, 0.15) is 18.5 Å². The van der Waals surface area contributed by atoms with Crippen LogP contribution in [0.25, 0.3) is 0 Å². The smallest absolute Gasteiger partial charge is 0.415 e. The molecule has 0 aliphatic carbocycles. The van der Waals surface area contributed by atoms with E-state index in [1.165, 1.54) is 6.08 Å². The third-order valence-electron chi connectivity index (χ3n) is 6.26. The number of carbonyl (C=O) groups is 2. The second kappa shape index (κ2) is 10.7. The molecule has 1 N–H and O–H groups in total. The minimum absolute atomic E-state index is 0.0339. The largest absolute Gasteiger partial charge is 0.460 e. The molecule has 2 atom stereocenters. The first-order valence-corrected chi connectivity index (χ1v) is 11.8. The highest BCUT2D eigenvalue weighted by Gasteiger charge is 2.37. The summed E-state index contributed by atoms with van der Waals surface area (Å²) in [6, 6.07) is 1.75. The Kier molecular flexibility index (Phi) is 7.42. The molecule has 0 radical (unpaired) electrons. The van der Waals surface area contributed by atoms with Crippen LogP contribution in [0.5, 0.6) is 6.01 Å². The van der Waals surface area contributed by atoms with Crippen LogP contribution in [0.2, 0.25) is 0 Å². The number of ether oxygens (including phenoxy) is 2. The normalized spacial score (nSPS) is 19.4. The van der Waals surface area contributed by atoms with Crippen molar-refractivity contribution in [3.8, 4) is 6.01 Å². The van der Waals surface area contributed by atoms with Crippen LogP contribution in [0.4, 0.5) is 16.6 Å². The van der Waals surface area contributed by atoms with Crippen molar-refractivity contribution in [2.75, 3.05) is 29.9 Å². The molecule has 2 aromatic rings. The first-order valence-electron chi connectivity index (χ1n) is 11.8. The van der Waals surface area contributed by atoms with Gasteiger partial charge in [-0.3, -0.25) is 9.69 Å². The molecule has 0 saturated carbocycles. The van der Waals surface area contributed by atoms with Gasteiger partial charge >= 0.3 is 12.1 Å². The number of nitrogens with one attached hydrogen (secondary N) is 1. The lowest BCUT2D eigenvalue weighted by Crippen LogP contribution is -2.41. The van der Waals surface area contributed by atoms with Crippen LogP contribution in [0.3, 0.4) is 0 Å². The monoisotopic (exact) mass is 481 g/mol. The first kappa shape index (κ1) is 24.4. The lowest BCUT2D eigenvalue weighted by molar-refractivity contribution is -0.127. The predicted octanol–water partition coefficient (Wildman–Crippen LogP) is 2.98. The van der Waals surface area contributed by atoms with Crippen LogP contribution in [-0.2, 0) is 9.53 Å². The van der Waals surface area contributed by atoms with E-state index in [1.807, 2.05) is 20.8 Å². The van der Waals surface area contributed by atoms with E-state index < -0.39 is 6.09 Å². The minimum atomic E-state index is -0.400. The van der Waals surface area contributed by atoms with E-state index in [-0.39, 0.29) is 30.0 Å². The number of rotatable bonds is 8. The van der Waals surface area contributed by atoms with Crippen LogP contribution in [0, 0.1) is 5.92 Å². The maximum atomic E-state index is 12.3. The SMILES string of the molecule is C=CC(=O)N1CCC(Oc2ncc([C@H](C)Nc3nccc(N4C(=O)OC[C@@H]4C(C)C)n3)cn2)CC1. The number of nitrogens with zero attached hydrogens (tertiary/aromatic N) is 6.